The SMILES string of the molecule is CC(C)C(NC(=O)c1cccc(Cl)c1)C(=O)NN=Cc1cc(Cl)ccc1OCC(=O)N1CCOCC1. The van der Waals surface area contributed by atoms with Crippen LogP contribution in [0.2, 0.25) is 10.0 Å². The second kappa shape index (κ2) is 13.2. The molecule has 1 atom stereocenters. The number of benzene rings is 2. The molecule has 0 aromatic heterocycles. The molecule has 1 aliphatic rings. The largest absolute Gasteiger partial charge is 0.483 e. The van der Waals surface area contributed by atoms with Gasteiger partial charge < -0.3 is 19.7 Å². The van der Waals surface area contributed by atoms with Crippen LogP contribution in [0.15, 0.2) is 47.6 Å². The van der Waals surface area contributed by atoms with Crippen LogP contribution in [0, 0.1) is 5.92 Å². The molecule has 0 aliphatic carbocycles. The third-order valence-electron chi connectivity index (χ3n) is 5.39. The Balaban J connectivity index is 1.62. The number of nitrogens with one attached hydrogen (secondary N) is 2. The highest BCUT2D eigenvalue weighted by Crippen LogP contribution is 2.21. The Morgan fingerprint density at radius 1 is 1.11 bits per heavy atom. The van der Waals surface area contributed by atoms with E-state index in [9.17, 15) is 14.4 Å². The van der Waals surface area contributed by atoms with Gasteiger partial charge in [0.15, 0.2) is 6.61 Å². The van der Waals surface area contributed by atoms with Crippen LogP contribution >= 0.6 is 23.2 Å². The van der Waals surface area contributed by atoms with Crippen LogP contribution in [0.25, 0.3) is 0 Å². The summed E-state index contributed by atoms with van der Waals surface area (Å²) in [6, 6.07) is 10.5. The van der Waals surface area contributed by atoms with Crippen LogP contribution in [-0.4, -0.2) is 67.8 Å². The molecule has 192 valence electrons. The van der Waals surface area contributed by atoms with Gasteiger partial charge in [-0.3, -0.25) is 14.4 Å². The van der Waals surface area contributed by atoms with Crippen LogP contribution in [0.1, 0.15) is 29.8 Å². The summed E-state index contributed by atoms with van der Waals surface area (Å²) in [6.45, 7) is 5.51. The van der Waals surface area contributed by atoms with Crippen molar-refractivity contribution in [3.63, 3.8) is 0 Å². The Morgan fingerprint density at radius 2 is 1.83 bits per heavy atom. The van der Waals surface area contributed by atoms with Crippen molar-refractivity contribution in [2.24, 2.45) is 11.0 Å². The first kappa shape index (κ1) is 27.4. The number of halogens is 2. The van der Waals surface area contributed by atoms with Gasteiger partial charge in [0.1, 0.15) is 11.8 Å². The number of rotatable bonds is 9. The molecule has 11 heteroatoms. The summed E-state index contributed by atoms with van der Waals surface area (Å²) in [7, 11) is 0. The van der Waals surface area contributed by atoms with Crippen molar-refractivity contribution in [2.45, 2.75) is 19.9 Å². The van der Waals surface area contributed by atoms with E-state index in [1.54, 1.807) is 55.1 Å². The molecule has 3 amide bonds. The summed E-state index contributed by atoms with van der Waals surface area (Å²) in [6.07, 6.45) is 1.37. The van der Waals surface area contributed by atoms with E-state index in [1.807, 2.05) is 0 Å². The lowest BCUT2D eigenvalue weighted by Gasteiger charge is -2.26. The average Bonchev–Trinajstić information content (AvgIpc) is 2.86. The molecular weight excluding hydrogens is 507 g/mol. The number of nitrogens with zero attached hydrogens (tertiary/aromatic N) is 2. The van der Waals surface area contributed by atoms with Crippen molar-refractivity contribution in [2.75, 3.05) is 32.9 Å². The Kier molecular flexibility index (Phi) is 10.1. The number of hydrazone groups is 1. The Morgan fingerprint density at radius 3 is 2.53 bits per heavy atom. The van der Waals surface area contributed by atoms with E-state index in [0.29, 0.717) is 53.2 Å². The maximum absolute atomic E-state index is 12.8. The molecule has 0 radical (unpaired) electrons. The number of amides is 3. The van der Waals surface area contributed by atoms with Crippen molar-refractivity contribution in [1.29, 1.82) is 0 Å². The lowest BCUT2D eigenvalue weighted by molar-refractivity contribution is -0.137. The molecule has 9 nitrogen and oxygen atoms in total. The smallest absolute Gasteiger partial charge is 0.262 e. The zero-order valence-electron chi connectivity index (χ0n) is 20.0. The van der Waals surface area contributed by atoms with E-state index >= 15 is 0 Å². The molecule has 36 heavy (non-hydrogen) atoms. The molecular formula is C25H28Cl2N4O5. The summed E-state index contributed by atoms with van der Waals surface area (Å²) >= 11 is 12.1. The standard InChI is InChI=1S/C25H28Cl2N4O5/c1-16(2)23(29-24(33)17-4-3-5-19(26)12-17)25(34)30-28-14-18-13-20(27)6-7-21(18)36-15-22(32)31-8-10-35-11-9-31/h3-7,12-14,16,23H,8-11,15H2,1-2H3,(H,29,33)(H,30,34). The Bertz CT molecular complexity index is 1120. The first-order chi connectivity index (χ1) is 17.2. The fourth-order valence-electron chi connectivity index (χ4n) is 3.42. The monoisotopic (exact) mass is 534 g/mol. The van der Waals surface area contributed by atoms with Gasteiger partial charge in [0, 0.05) is 34.3 Å². The molecule has 1 unspecified atom stereocenters. The second-order valence-corrected chi connectivity index (χ2v) is 9.28. The summed E-state index contributed by atoms with van der Waals surface area (Å²) in [5.74, 6) is -0.901. The number of hydrogen-bond donors (Lipinski definition) is 2. The van der Waals surface area contributed by atoms with Crippen molar-refractivity contribution in [3.8, 4) is 5.75 Å². The van der Waals surface area contributed by atoms with Crippen LogP contribution < -0.4 is 15.5 Å². The van der Waals surface area contributed by atoms with Gasteiger partial charge in [-0.15, -0.1) is 0 Å². The minimum Gasteiger partial charge on any atom is -0.483 e. The number of carbonyl (C=O) groups excluding carboxylic acids is 3. The number of carbonyl (C=O) groups is 3. The van der Waals surface area contributed by atoms with Crippen LogP contribution in [0.5, 0.6) is 5.75 Å². The molecule has 0 saturated carbocycles. The lowest BCUT2D eigenvalue weighted by Crippen LogP contribution is -2.48. The second-order valence-electron chi connectivity index (χ2n) is 8.40. The lowest BCUT2D eigenvalue weighted by atomic mass is 10.0. The quantitative estimate of drug-likeness (QED) is 0.379. The van der Waals surface area contributed by atoms with Gasteiger partial charge >= 0.3 is 0 Å². The molecule has 2 aromatic rings. The minimum absolute atomic E-state index is 0.153. The topological polar surface area (TPSA) is 109 Å². The van der Waals surface area contributed by atoms with Gasteiger partial charge in [0.2, 0.25) is 0 Å². The number of ether oxygens (including phenoxy) is 2. The average molecular weight is 535 g/mol. The zero-order chi connectivity index (χ0) is 26.1. The number of hydrogen-bond acceptors (Lipinski definition) is 6. The van der Waals surface area contributed by atoms with Crippen molar-refractivity contribution < 1.29 is 23.9 Å². The van der Waals surface area contributed by atoms with Crippen molar-refractivity contribution in [1.82, 2.24) is 15.6 Å². The predicted molar refractivity (Wildman–Crippen MR) is 138 cm³/mol. The molecule has 1 aliphatic heterocycles. The van der Waals surface area contributed by atoms with Gasteiger partial charge in [-0.2, -0.15) is 5.10 Å². The van der Waals surface area contributed by atoms with Gasteiger partial charge in [-0.25, -0.2) is 5.43 Å². The Labute approximate surface area is 219 Å². The highest BCUT2D eigenvalue weighted by Gasteiger charge is 2.24. The highest BCUT2D eigenvalue weighted by atomic mass is 35.5. The number of morpholine rings is 1. The fraction of sp³-hybridized carbons (Fsp3) is 0.360. The van der Waals surface area contributed by atoms with Gasteiger partial charge in [0.25, 0.3) is 17.7 Å². The molecule has 1 heterocycles. The summed E-state index contributed by atoms with van der Waals surface area (Å²) in [4.78, 5) is 39.4. The van der Waals surface area contributed by atoms with Crippen molar-refractivity contribution in [3.05, 3.63) is 63.6 Å². The van der Waals surface area contributed by atoms with E-state index in [0.717, 1.165) is 0 Å². The van der Waals surface area contributed by atoms with Crippen LogP contribution in [-0.2, 0) is 14.3 Å². The predicted octanol–water partition coefficient (Wildman–Crippen LogP) is 3.14. The zero-order valence-corrected chi connectivity index (χ0v) is 21.5. The molecule has 0 spiro atoms. The first-order valence-corrected chi connectivity index (χ1v) is 12.2. The fourth-order valence-corrected chi connectivity index (χ4v) is 3.79. The van der Waals surface area contributed by atoms with E-state index in [1.165, 1.54) is 12.3 Å². The van der Waals surface area contributed by atoms with Gasteiger partial charge in [-0.1, -0.05) is 43.1 Å². The third-order valence-corrected chi connectivity index (χ3v) is 5.86. The third kappa shape index (κ3) is 7.94. The van der Waals surface area contributed by atoms with Crippen molar-refractivity contribution >= 4 is 47.1 Å². The molecule has 2 aromatic carbocycles. The molecule has 0 bridgehead atoms. The van der Waals surface area contributed by atoms with E-state index in [2.05, 4.69) is 15.8 Å². The maximum atomic E-state index is 12.8. The Hall–Kier alpha value is -3.14. The molecule has 2 N–H and O–H groups in total. The summed E-state index contributed by atoms with van der Waals surface area (Å²) < 4.78 is 11.0. The minimum atomic E-state index is -0.838. The summed E-state index contributed by atoms with van der Waals surface area (Å²) in [5.41, 5.74) is 3.26. The van der Waals surface area contributed by atoms with Gasteiger partial charge in [-0.05, 0) is 42.3 Å². The first-order valence-electron chi connectivity index (χ1n) is 11.4. The molecule has 3 rings (SSSR count). The highest BCUT2D eigenvalue weighted by molar-refractivity contribution is 6.31. The van der Waals surface area contributed by atoms with Crippen LogP contribution in [0.4, 0.5) is 0 Å². The van der Waals surface area contributed by atoms with E-state index in [4.69, 9.17) is 32.7 Å². The van der Waals surface area contributed by atoms with Crippen LogP contribution in [0.3, 0.4) is 0 Å². The molecule has 1 fully saturated rings. The molecule has 1 saturated heterocycles. The maximum Gasteiger partial charge on any atom is 0.262 e. The summed E-state index contributed by atoms with van der Waals surface area (Å²) in [5, 5.41) is 7.58. The van der Waals surface area contributed by atoms with Gasteiger partial charge in [0.05, 0.1) is 19.4 Å². The van der Waals surface area contributed by atoms with E-state index in [-0.39, 0.29) is 18.4 Å². The van der Waals surface area contributed by atoms with E-state index < -0.39 is 17.9 Å². The normalized spacial score (nSPS) is 14.5.